The molecule has 0 fully saturated rings. The number of phenols is 1. The van der Waals surface area contributed by atoms with Gasteiger partial charge in [-0.25, -0.2) is 5.48 Å². The van der Waals surface area contributed by atoms with Gasteiger partial charge in [0.1, 0.15) is 5.75 Å². The first kappa shape index (κ1) is 17.0. The molecular weight excluding hydrogens is 266 g/mol. The van der Waals surface area contributed by atoms with Gasteiger partial charge in [0.05, 0.1) is 0 Å². The molecule has 1 rings (SSSR count). The lowest BCUT2D eigenvalue weighted by Crippen LogP contribution is -2.14. The Morgan fingerprint density at radius 1 is 1.38 bits per heavy atom. The SMILES string of the molecule is C=CCc1c(C=CC(=O)NO)ccc(CCCCC)c1O. The fourth-order valence-corrected chi connectivity index (χ4v) is 2.19. The van der Waals surface area contributed by atoms with Crippen LogP contribution in [0.1, 0.15) is 42.9 Å². The van der Waals surface area contributed by atoms with Crippen molar-refractivity contribution in [1.29, 1.82) is 0 Å². The van der Waals surface area contributed by atoms with Crippen molar-refractivity contribution in [3.63, 3.8) is 0 Å². The lowest BCUT2D eigenvalue weighted by molar-refractivity contribution is -0.124. The molecule has 1 amide bonds. The Labute approximate surface area is 125 Å². The van der Waals surface area contributed by atoms with Gasteiger partial charge in [0.25, 0.3) is 5.91 Å². The number of rotatable bonds is 8. The average molecular weight is 289 g/mol. The fourth-order valence-electron chi connectivity index (χ4n) is 2.19. The van der Waals surface area contributed by atoms with E-state index >= 15 is 0 Å². The topological polar surface area (TPSA) is 69.6 Å². The average Bonchev–Trinajstić information content (AvgIpc) is 2.49. The van der Waals surface area contributed by atoms with Crippen LogP contribution >= 0.6 is 0 Å². The van der Waals surface area contributed by atoms with E-state index in [9.17, 15) is 9.90 Å². The molecular formula is C17H23NO3. The van der Waals surface area contributed by atoms with Crippen molar-refractivity contribution in [2.24, 2.45) is 0 Å². The second-order valence-electron chi connectivity index (χ2n) is 4.90. The number of aryl methyl sites for hydroxylation is 1. The molecule has 0 heterocycles. The first-order chi connectivity index (χ1) is 10.1. The molecule has 4 nitrogen and oxygen atoms in total. The van der Waals surface area contributed by atoms with Crippen molar-refractivity contribution in [3.05, 3.63) is 47.6 Å². The first-order valence-electron chi connectivity index (χ1n) is 7.20. The second-order valence-corrected chi connectivity index (χ2v) is 4.90. The van der Waals surface area contributed by atoms with Crippen LogP contribution in [0.25, 0.3) is 6.08 Å². The van der Waals surface area contributed by atoms with Gasteiger partial charge < -0.3 is 5.11 Å². The van der Waals surface area contributed by atoms with Gasteiger partial charge in [-0.15, -0.1) is 6.58 Å². The van der Waals surface area contributed by atoms with E-state index in [0.29, 0.717) is 6.42 Å². The van der Waals surface area contributed by atoms with E-state index in [1.54, 1.807) is 12.2 Å². The molecule has 3 N–H and O–H groups in total. The number of nitrogens with one attached hydrogen (secondary N) is 1. The Morgan fingerprint density at radius 3 is 2.76 bits per heavy atom. The van der Waals surface area contributed by atoms with E-state index in [-0.39, 0.29) is 5.75 Å². The Bertz CT molecular complexity index is 521. The van der Waals surface area contributed by atoms with Gasteiger partial charge in [-0.05, 0) is 36.5 Å². The lowest BCUT2D eigenvalue weighted by Gasteiger charge is -2.12. The van der Waals surface area contributed by atoms with Gasteiger partial charge in [0.2, 0.25) is 0 Å². The third-order valence-electron chi connectivity index (χ3n) is 3.33. The van der Waals surface area contributed by atoms with Crippen molar-refractivity contribution < 1.29 is 15.1 Å². The summed E-state index contributed by atoms with van der Waals surface area (Å²) in [4.78, 5) is 11.0. The molecule has 0 saturated heterocycles. The largest absolute Gasteiger partial charge is 0.507 e. The zero-order chi connectivity index (χ0) is 15.7. The number of aromatic hydroxyl groups is 1. The zero-order valence-corrected chi connectivity index (χ0v) is 12.4. The molecule has 0 aliphatic rings. The Kier molecular flexibility index (Phi) is 7.26. The summed E-state index contributed by atoms with van der Waals surface area (Å²) >= 11 is 0. The van der Waals surface area contributed by atoms with Crippen LogP contribution in [0, 0.1) is 0 Å². The molecule has 21 heavy (non-hydrogen) atoms. The maximum atomic E-state index is 11.0. The van der Waals surface area contributed by atoms with Crippen LogP contribution in [0.3, 0.4) is 0 Å². The summed E-state index contributed by atoms with van der Waals surface area (Å²) in [6.07, 6.45) is 9.18. The molecule has 0 aliphatic heterocycles. The highest BCUT2D eigenvalue weighted by atomic mass is 16.5. The maximum absolute atomic E-state index is 11.0. The van der Waals surface area contributed by atoms with Crippen molar-refractivity contribution in [2.75, 3.05) is 0 Å². The summed E-state index contributed by atoms with van der Waals surface area (Å²) in [5.41, 5.74) is 3.96. The molecule has 0 bridgehead atoms. The van der Waals surface area contributed by atoms with Crippen LogP contribution in [-0.2, 0) is 17.6 Å². The number of benzene rings is 1. The molecule has 0 aliphatic carbocycles. The fraction of sp³-hybridized carbons (Fsp3) is 0.353. The molecule has 0 radical (unpaired) electrons. The third-order valence-corrected chi connectivity index (χ3v) is 3.33. The van der Waals surface area contributed by atoms with Gasteiger partial charge in [-0.2, -0.15) is 0 Å². The molecule has 0 atom stereocenters. The number of hydroxylamine groups is 1. The van der Waals surface area contributed by atoms with E-state index in [0.717, 1.165) is 42.4 Å². The zero-order valence-electron chi connectivity index (χ0n) is 12.4. The van der Waals surface area contributed by atoms with Crippen LogP contribution in [-0.4, -0.2) is 16.2 Å². The number of hydrogen-bond donors (Lipinski definition) is 3. The predicted molar refractivity (Wildman–Crippen MR) is 84.2 cm³/mol. The lowest BCUT2D eigenvalue weighted by atomic mass is 9.96. The van der Waals surface area contributed by atoms with Crippen LogP contribution in [0.4, 0.5) is 0 Å². The van der Waals surface area contributed by atoms with Gasteiger partial charge in [-0.3, -0.25) is 10.0 Å². The highest BCUT2D eigenvalue weighted by Crippen LogP contribution is 2.29. The van der Waals surface area contributed by atoms with Crippen molar-refractivity contribution in [1.82, 2.24) is 5.48 Å². The number of carbonyl (C=O) groups excluding carboxylic acids is 1. The molecule has 114 valence electrons. The van der Waals surface area contributed by atoms with Gasteiger partial charge in [-0.1, -0.05) is 38.0 Å². The Morgan fingerprint density at radius 2 is 2.14 bits per heavy atom. The molecule has 4 heteroatoms. The number of amides is 1. The van der Waals surface area contributed by atoms with Crippen molar-refractivity contribution >= 4 is 12.0 Å². The number of unbranched alkanes of at least 4 members (excludes halogenated alkanes) is 2. The Balaban J connectivity index is 3.04. The van der Waals surface area contributed by atoms with Crippen LogP contribution < -0.4 is 5.48 Å². The summed E-state index contributed by atoms with van der Waals surface area (Å²) in [5.74, 6) is -0.330. The normalized spacial score (nSPS) is 10.8. The highest BCUT2D eigenvalue weighted by Gasteiger charge is 2.10. The first-order valence-corrected chi connectivity index (χ1v) is 7.20. The van der Waals surface area contributed by atoms with Gasteiger partial charge in [0.15, 0.2) is 0 Å². The smallest absolute Gasteiger partial charge is 0.267 e. The summed E-state index contributed by atoms with van der Waals surface area (Å²) < 4.78 is 0. The van der Waals surface area contributed by atoms with Crippen molar-refractivity contribution in [3.8, 4) is 5.75 Å². The van der Waals surface area contributed by atoms with E-state index in [2.05, 4.69) is 13.5 Å². The molecule has 1 aromatic carbocycles. The van der Waals surface area contributed by atoms with Gasteiger partial charge >= 0.3 is 0 Å². The second kappa shape index (κ2) is 8.97. The molecule has 0 aromatic heterocycles. The Hall–Kier alpha value is -2.07. The summed E-state index contributed by atoms with van der Waals surface area (Å²) in [6, 6.07) is 3.76. The van der Waals surface area contributed by atoms with Crippen LogP contribution in [0.2, 0.25) is 0 Å². The molecule has 0 spiro atoms. The summed E-state index contributed by atoms with van der Waals surface area (Å²) in [6.45, 7) is 5.84. The van der Waals surface area contributed by atoms with E-state index < -0.39 is 5.91 Å². The quantitative estimate of drug-likeness (QED) is 0.226. The number of phenolic OH excluding ortho intramolecular Hbond substituents is 1. The summed E-state index contributed by atoms with van der Waals surface area (Å²) in [5, 5.41) is 18.9. The summed E-state index contributed by atoms with van der Waals surface area (Å²) in [7, 11) is 0. The highest BCUT2D eigenvalue weighted by molar-refractivity contribution is 5.91. The van der Waals surface area contributed by atoms with Crippen molar-refractivity contribution in [2.45, 2.75) is 39.0 Å². The number of hydrogen-bond acceptors (Lipinski definition) is 3. The van der Waals surface area contributed by atoms with E-state index in [1.165, 1.54) is 11.6 Å². The molecule has 0 saturated carbocycles. The number of carbonyl (C=O) groups is 1. The minimum absolute atomic E-state index is 0.276. The van der Waals surface area contributed by atoms with E-state index in [1.807, 2.05) is 12.1 Å². The van der Waals surface area contributed by atoms with E-state index in [4.69, 9.17) is 5.21 Å². The predicted octanol–water partition coefficient (Wildman–Crippen LogP) is 3.37. The van der Waals surface area contributed by atoms with Crippen LogP contribution in [0.15, 0.2) is 30.9 Å². The molecule has 1 aromatic rings. The van der Waals surface area contributed by atoms with Gasteiger partial charge in [0, 0.05) is 11.6 Å². The standard InChI is InChI=1S/C17H23NO3/c1-3-5-6-8-14-10-9-13(11-12-16(19)18-21)15(7-4-2)17(14)20/h4,9-12,20-21H,2-3,5-8H2,1H3,(H,18,19). The van der Waals surface area contributed by atoms with Crippen LogP contribution in [0.5, 0.6) is 5.75 Å². The monoisotopic (exact) mass is 289 g/mol. The minimum atomic E-state index is -0.605. The number of allylic oxidation sites excluding steroid dienone is 1. The minimum Gasteiger partial charge on any atom is -0.507 e. The maximum Gasteiger partial charge on any atom is 0.267 e. The third kappa shape index (κ3) is 5.08. The molecule has 0 unspecified atom stereocenters.